The zero-order valence-electron chi connectivity index (χ0n) is 18.2. The fraction of sp³-hybridized carbons (Fsp3) is 0. The molecule has 0 atom stereocenters. The van der Waals surface area contributed by atoms with Crippen molar-refractivity contribution >= 4 is 24.1 Å². The monoisotopic (exact) mass is 466 g/mol. The molecule has 35 heavy (non-hydrogen) atoms. The molecule has 0 bridgehead atoms. The number of carbonyl (C=O) groups excluding carboxylic acids is 3. The van der Waals surface area contributed by atoms with Crippen LogP contribution in [-0.2, 0) is 0 Å². The van der Waals surface area contributed by atoms with E-state index >= 15 is 0 Å². The summed E-state index contributed by atoms with van der Waals surface area (Å²) in [5.41, 5.74) is 3.47. The van der Waals surface area contributed by atoms with E-state index in [0.717, 1.165) is 0 Å². The first-order chi connectivity index (χ1) is 17.1. The van der Waals surface area contributed by atoms with Crippen LogP contribution in [0.5, 0.6) is 11.5 Å². The smallest absolute Gasteiger partial charge is 0.343 e. The van der Waals surface area contributed by atoms with Crippen LogP contribution in [0.2, 0.25) is 0 Å². The van der Waals surface area contributed by atoms with Gasteiger partial charge in [0.25, 0.3) is 5.91 Å². The molecular formula is C26H18N4O5. The third kappa shape index (κ3) is 6.20. The molecule has 9 heteroatoms. The number of hydrogen-bond donors (Lipinski definition) is 1. The Hall–Kier alpha value is -5.18. The topological polar surface area (TPSA) is 120 Å². The van der Waals surface area contributed by atoms with Gasteiger partial charge in [0, 0.05) is 24.0 Å². The Morgan fingerprint density at radius 3 is 2.09 bits per heavy atom. The minimum absolute atomic E-state index is 0.0784. The standard InChI is InChI=1S/C26H18N4O5/c31-24(22-17-27-13-14-28-22)30-29-16-20-11-12-21(34-25(32)18-7-3-1-4-8-18)15-23(20)35-26(33)19-9-5-2-6-10-19/h1-17H,(H,30,31)/b29-16-. The molecule has 0 saturated heterocycles. The van der Waals surface area contributed by atoms with E-state index in [1.165, 1.54) is 36.9 Å². The van der Waals surface area contributed by atoms with E-state index in [1.54, 1.807) is 66.7 Å². The number of benzene rings is 3. The molecule has 0 fully saturated rings. The van der Waals surface area contributed by atoms with E-state index in [-0.39, 0.29) is 17.2 Å². The molecule has 0 radical (unpaired) electrons. The van der Waals surface area contributed by atoms with Crippen LogP contribution in [0.25, 0.3) is 0 Å². The summed E-state index contributed by atoms with van der Waals surface area (Å²) in [7, 11) is 0. The summed E-state index contributed by atoms with van der Waals surface area (Å²) in [5, 5.41) is 3.91. The molecule has 0 unspecified atom stereocenters. The molecule has 9 nitrogen and oxygen atoms in total. The summed E-state index contributed by atoms with van der Waals surface area (Å²) >= 11 is 0. The Morgan fingerprint density at radius 2 is 1.46 bits per heavy atom. The largest absolute Gasteiger partial charge is 0.423 e. The molecule has 1 N–H and O–H groups in total. The van der Waals surface area contributed by atoms with Crippen LogP contribution in [0.4, 0.5) is 0 Å². The number of aromatic nitrogens is 2. The van der Waals surface area contributed by atoms with Gasteiger partial charge in [-0.05, 0) is 36.4 Å². The Kier molecular flexibility index (Phi) is 7.29. The maximum absolute atomic E-state index is 12.6. The number of rotatable bonds is 7. The van der Waals surface area contributed by atoms with Crippen LogP contribution in [0, 0.1) is 0 Å². The number of amides is 1. The van der Waals surface area contributed by atoms with Crippen molar-refractivity contribution in [1.29, 1.82) is 0 Å². The zero-order valence-corrected chi connectivity index (χ0v) is 18.2. The predicted molar refractivity (Wildman–Crippen MR) is 126 cm³/mol. The molecular weight excluding hydrogens is 448 g/mol. The lowest BCUT2D eigenvalue weighted by Gasteiger charge is -2.10. The van der Waals surface area contributed by atoms with E-state index < -0.39 is 17.8 Å². The van der Waals surface area contributed by atoms with Crippen molar-refractivity contribution in [3.8, 4) is 11.5 Å². The lowest BCUT2D eigenvalue weighted by molar-refractivity contribution is 0.0732. The van der Waals surface area contributed by atoms with Gasteiger partial charge in [-0.15, -0.1) is 0 Å². The quantitative estimate of drug-likeness (QED) is 0.191. The molecule has 0 aliphatic carbocycles. The molecule has 0 saturated carbocycles. The number of hydrazone groups is 1. The van der Waals surface area contributed by atoms with Crippen molar-refractivity contribution in [3.63, 3.8) is 0 Å². The number of esters is 2. The predicted octanol–water partition coefficient (Wildman–Crippen LogP) is 3.68. The number of ether oxygens (including phenoxy) is 2. The number of hydrogen-bond acceptors (Lipinski definition) is 8. The second-order valence-electron chi connectivity index (χ2n) is 7.00. The lowest BCUT2D eigenvalue weighted by atomic mass is 10.2. The highest BCUT2D eigenvalue weighted by Gasteiger charge is 2.15. The maximum atomic E-state index is 12.6. The Morgan fingerprint density at radius 1 is 0.800 bits per heavy atom. The summed E-state index contributed by atoms with van der Waals surface area (Å²) < 4.78 is 11.0. The average Bonchev–Trinajstić information content (AvgIpc) is 2.91. The molecule has 4 aromatic rings. The summed E-state index contributed by atoms with van der Waals surface area (Å²) in [6.07, 6.45) is 5.42. The van der Waals surface area contributed by atoms with Crippen molar-refractivity contribution < 1.29 is 23.9 Å². The van der Waals surface area contributed by atoms with Crippen molar-refractivity contribution in [1.82, 2.24) is 15.4 Å². The second-order valence-corrected chi connectivity index (χ2v) is 7.00. The van der Waals surface area contributed by atoms with Gasteiger partial charge in [0.05, 0.1) is 23.5 Å². The van der Waals surface area contributed by atoms with Gasteiger partial charge in [0.15, 0.2) is 0 Å². The van der Waals surface area contributed by atoms with E-state index in [2.05, 4.69) is 20.5 Å². The van der Waals surface area contributed by atoms with Gasteiger partial charge in [-0.3, -0.25) is 9.78 Å². The molecule has 0 aliphatic rings. The van der Waals surface area contributed by atoms with Gasteiger partial charge in [-0.2, -0.15) is 5.10 Å². The van der Waals surface area contributed by atoms with Crippen LogP contribution >= 0.6 is 0 Å². The summed E-state index contributed by atoms with van der Waals surface area (Å²) in [5.74, 6) is -1.50. The highest BCUT2D eigenvalue weighted by atomic mass is 16.5. The van der Waals surface area contributed by atoms with E-state index in [1.807, 2.05) is 0 Å². The zero-order chi connectivity index (χ0) is 24.5. The van der Waals surface area contributed by atoms with Gasteiger partial charge >= 0.3 is 11.9 Å². The molecule has 1 heterocycles. The Bertz CT molecular complexity index is 1360. The fourth-order valence-corrected chi connectivity index (χ4v) is 2.88. The summed E-state index contributed by atoms with van der Waals surface area (Å²) in [4.78, 5) is 44.9. The van der Waals surface area contributed by atoms with E-state index in [9.17, 15) is 14.4 Å². The first-order valence-electron chi connectivity index (χ1n) is 10.4. The third-order valence-corrected chi connectivity index (χ3v) is 4.58. The maximum Gasteiger partial charge on any atom is 0.343 e. The van der Waals surface area contributed by atoms with Gasteiger partial charge in [0.2, 0.25) is 0 Å². The van der Waals surface area contributed by atoms with Gasteiger partial charge in [0.1, 0.15) is 17.2 Å². The summed E-state index contributed by atoms with van der Waals surface area (Å²) in [6, 6.07) is 21.3. The third-order valence-electron chi connectivity index (χ3n) is 4.58. The number of nitrogens with one attached hydrogen (secondary N) is 1. The minimum Gasteiger partial charge on any atom is -0.423 e. The van der Waals surface area contributed by atoms with Gasteiger partial charge < -0.3 is 9.47 Å². The van der Waals surface area contributed by atoms with E-state index in [0.29, 0.717) is 16.7 Å². The molecule has 172 valence electrons. The first kappa shape index (κ1) is 23.0. The summed E-state index contributed by atoms with van der Waals surface area (Å²) in [6.45, 7) is 0. The number of carbonyl (C=O) groups is 3. The van der Waals surface area contributed by atoms with Crippen molar-refractivity contribution in [3.05, 3.63) is 120 Å². The van der Waals surface area contributed by atoms with E-state index in [4.69, 9.17) is 9.47 Å². The molecule has 4 rings (SSSR count). The SMILES string of the molecule is O=C(Oc1ccc(/C=N\NC(=O)c2cnccn2)c(OC(=O)c2ccccc2)c1)c1ccccc1. The second kappa shape index (κ2) is 11.1. The van der Waals surface area contributed by atoms with Crippen LogP contribution in [0.15, 0.2) is 103 Å². The number of nitrogens with zero attached hydrogens (tertiary/aromatic N) is 3. The highest BCUT2D eigenvalue weighted by Crippen LogP contribution is 2.25. The van der Waals surface area contributed by atoms with Crippen LogP contribution in [0.3, 0.4) is 0 Å². The van der Waals surface area contributed by atoms with Crippen LogP contribution in [-0.4, -0.2) is 34.0 Å². The lowest BCUT2D eigenvalue weighted by Crippen LogP contribution is -2.19. The van der Waals surface area contributed by atoms with Crippen LogP contribution in [0.1, 0.15) is 36.8 Å². The van der Waals surface area contributed by atoms with Crippen LogP contribution < -0.4 is 14.9 Å². The minimum atomic E-state index is -0.615. The molecule has 0 spiro atoms. The molecule has 0 aliphatic heterocycles. The van der Waals surface area contributed by atoms with Crippen molar-refractivity contribution in [2.75, 3.05) is 0 Å². The van der Waals surface area contributed by atoms with Gasteiger partial charge in [-0.1, -0.05) is 36.4 Å². The normalized spacial score (nSPS) is 10.5. The molecule has 1 amide bonds. The molecule has 3 aromatic carbocycles. The van der Waals surface area contributed by atoms with Crippen molar-refractivity contribution in [2.24, 2.45) is 5.10 Å². The average molecular weight is 466 g/mol. The molecule has 1 aromatic heterocycles. The van der Waals surface area contributed by atoms with Gasteiger partial charge in [-0.25, -0.2) is 20.0 Å². The highest BCUT2D eigenvalue weighted by molar-refractivity contribution is 5.95. The Balaban J connectivity index is 1.56. The fourth-order valence-electron chi connectivity index (χ4n) is 2.88. The van der Waals surface area contributed by atoms with Crippen molar-refractivity contribution in [2.45, 2.75) is 0 Å². The first-order valence-corrected chi connectivity index (χ1v) is 10.4. The Labute approximate surface area is 200 Å².